The van der Waals surface area contributed by atoms with Gasteiger partial charge in [-0.1, -0.05) is 125 Å². The zero-order valence-corrected chi connectivity index (χ0v) is 26.7. The summed E-state index contributed by atoms with van der Waals surface area (Å²) in [5.74, 6) is 7.34. The Morgan fingerprint density at radius 3 is 1.39 bits per heavy atom. The summed E-state index contributed by atoms with van der Waals surface area (Å²) in [4.78, 5) is 0.171. The summed E-state index contributed by atoms with van der Waals surface area (Å²) in [7, 11) is 0.806. The summed E-state index contributed by atoms with van der Waals surface area (Å²) < 4.78 is 29.9. The average Bonchev–Trinajstić information content (AvgIpc) is 3.11. The molecule has 38 heavy (non-hydrogen) atoms. The van der Waals surface area contributed by atoms with Gasteiger partial charge in [-0.05, 0) is 54.2 Å². The molecule has 4 nitrogen and oxygen atoms in total. The van der Waals surface area contributed by atoms with Crippen molar-refractivity contribution in [3.05, 3.63) is 136 Å². The number of sulfonamides is 1. The third kappa shape index (κ3) is 8.48. The van der Waals surface area contributed by atoms with Crippen LogP contribution in [0, 0.1) is 36.5 Å². The minimum atomic E-state index is -3.83. The van der Waals surface area contributed by atoms with Crippen LogP contribution in [0.5, 0.6) is 0 Å². The van der Waals surface area contributed by atoms with Crippen LogP contribution in [0.1, 0.15) is 63.4 Å². The molecule has 0 heterocycles. The number of rotatable bonds is 6. The molecule has 0 amide bonds. The van der Waals surface area contributed by atoms with E-state index in [0.717, 1.165) is 16.7 Å². The van der Waals surface area contributed by atoms with Crippen molar-refractivity contribution in [3.8, 4) is 0 Å². The van der Waals surface area contributed by atoms with Crippen molar-refractivity contribution in [3.63, 3.8) is 0 Å². The van der Waals surface area contributed by atoms with E-state index in [2.05, 4.69) is 48.9 Å². The molecular weight excluding hydrogens is 692 g/mol. The molecule has 3 aromatic rings. The Labute approximate surface area is 245 Å². The van der Waals surface area contributed by atoms with Gasteiger partial charge in [-0.15, -0.1) is 0 Å². The molecule has 3 aromatic carbocycles. The van der Waals surface area contributed by atoms with Crippen LogP contribution in [0.15, 0.2) is 89.8 Å². The molecule has 1 saturated carbocycles. The summed E-state index contributed by atoms with van der Waals surface area (Å²) >= 11 is 1.47. The second kappa shape index (κ2) is 15.3. The van der Waals surface area contributed by atoms with Crippen molar-refractivity contribution in [1.29, 1.82) is 0 Å². The summed E-state index contributed by atoms with van der Waals surface area (Å²) in [6.45, 7) is 12.9. The van der Waals surface area contributed by atoms with E-state index in [1.807, 2.05) is 67.6 Å². The molecule has 0 spiro atoms. The molecule has 1 aliphatic rings. The van der Waals surface area contributed by atoms with Crippen LogP contribution in [0.3, 0.4) is 0 Å². The van der Waals surface area contributed by atoms with Gasteiger partial charge in [0.15, 0.2) is 0 Å². The first-order valence-corrected chi connectivity index (χ1v) is 16.6. The first-order chi connectivity index (χ1) is 18.0. The van der Waals surface area contributed by atoms with E-state index in [1.54, 1.807) is 24.3 Å². The van der Waals surface area contributed by atoms with Crippen LogP contribution in [-0.2, 0) is 27.9 Å². The van der Waals surface area contributed by atoms with Gasteiger partial charge in [0.05, 0.1) is 0 Å². The van der Waals surface area contributed by atoms with Gasteiger partial charge in [0, 0.05) is 10.9 Å². The van der Waals surface area contributed by atoms with E-state index < -0.39 is 22.1 Å². The van der Waals surface area contributed by atoms with Crippen LogP contribution in [0.2, 0.25) is 0 Å². The fraction of sp³-hybridized carbons (Fsp3) is 0.258. The van der Waals surface area contributed by atoms with Crippen molar-refractivity contribution < 1.29 is 26.3 Å². The molecule has 203 valence electrons. The Balaban J connectivity index is 0.000000353. The Hall–Kier alpha value is -1.53. The van der Waals surface area contributed by atoms with Crippen LogP contribution < -0.4 is 5.73 Å². The van der Waals surface area contributed by atoms with Gasteiger partial charge >= 0.3 is 27.5 Å². The predicted octanol–water partition coefficient (Wildman–Crippen LogP) is 8.16. The molecule has 0 aromatic heterocycles. The molecule has 7 heteroatoms. The van der Waals surface area contributed by atoms with E-state index in [-0.39, 0.29) is 4.90 Å². The van der Waals surface area contributed by atoms with E-state index in [9.17, 15) is 8.42 Å². The number of nitrogens with zero attached hydrogens (tertiary/aromatic N) is 1. The quantitative estimate of drug-likeness (QED) is 0.279. The van der Waals surface area contributed by atoms with Gasteiger partial charge in [0.1, 0.15) is 10.0 Å². The number of nitrogens with two attached hydrogens (primary N) is 1. The molecule has 4 rings (SSSR count). The van der Waals surface area contributed by atoms with E-state index in [0.29, 0.717) is 0 Å². The predicted molar refractivity (Wildman–Crippen MR) is 155 cm³/mol. The van der Waals surface area contributed by atoms with Gasteiger partial charge < -0.3 is 10.5 Å². The molecule has 0 saturated heterocycles. The number of halogens is 1. The number of hydrogen-bond donors (Lipinski definition) is 1. The first-order valence-electron chi connectivity index (χ1n) is 12.2. The van der Waals surface area contributed by atoms with Gasteiger partial charge in [0.25, 0.3) is 0 Å². The molecule has 1 aliphatic carbocycles. The number of hydrogen-bond acceptors (Lipinski definition) is 3. The SMILES string of the molecule is C[C]1[C](C)[C](C)[C](C)[C]1C.Cc1ccc(S(=O)(=O)[N-][C@H](c2ccccc2)[C@H](N)c2ccccc2)cc1.[Cl][Ir+2]. The minimum absolute atomic E-state index is 0.171. The number of benzene rings is 3. The maximum atomic E-state index is 12.8. The molecule has 0 bridgehead atoms. The standard InChI is InChI=1S/C21H21N2O2S.C10H15.ClH.Ir/c1-16-12-14-19(15-13-16)26(24,25)23-21(18-10-6-3-7-11-18)20(22)17-8-4-2-5-9-17;1-6-7(2)9(4)10(5)8(6)3;;/h2-15,20-21H,22H2,1H3;1-5H3;1H;/q-1;;;+3/p-1/t20-,21-;;;/m1.../s1. The molecular formula is C31H36ClIrN2O2S+. The Bertz CT molecular complexity index is 1150. The molecule has 5 radical (unpaired) electrons. The zero-order chi connectivity index (χ0) is 28.5. The van der Waals surface area contributed by atoms with Gasteiger partial charge in [-0.2, -0.15) is 0 Å². The summed E-state index contributed by atoms with van der Waals surface area (Å²) in [6, 6.07) is 24.1. The van der Waals surface area contributed by atoms with Gasteiger partial charge in [0.2, 0.25) is 0 Å². The maximum absolute atomic E-state index is 12.8. The fourth-order valence-corrected chi connectivity index (χ4v) is 5.32. The average molecular weight is 728 g/mol. The van der Waals surface area contributed by atoms with Crippen molar-refractivity contribution in [2.24, 2.45) is 5.73 Å². The van der Waals surface area contributed by atoms with Crippen molar-refractivity contribution in [2.45, 2.75) is 58.5 Å². The summed E-state index contributed by atoms with van der Waals surface area (Å²) in [5, 5.41) is 0. The Morgan fingerprint density at radius 1 is 0.632 bits per heavy atom. The monoisotopic (exact) mass is 728 g/mol. The van der Waals surface area contributed by atoms with Gasteiger partial charge in [-0.25, -0.2) is 8.42 Å². The number of aryl methyl sites for hydroxylation is 1. The normalized spacial score (nSPS) is 17.2. The van der Waals surface area contributed by atoms with E-state index in [1.165, 1.54) is 47.5 Å². The van der Waals surface area contributed by atoms with Crippen LogP contribution >= 0.6 is 9.58 Å². The van der Waals surface area contributed by atoms with Crippen molar-refractivity contribution in [2.75, 3.05) is 0 Å². The Morgan fingerprint density at radius 2 is 1.00 bits per heavy atom. The fourth-order valence-electron chi connectivity index (χ4n) is 4.17. The molecule has 2 N–H and O–H groups in total. The summed E-state index contributed by atoms with van der Waals surface area (Å²) in [6.07, 6.45) is 0. The van der Waals surface area contributed by atoms with Crippen molar-refractivity contribution >= 4 is 19.6 Å². The van der Waals surface area contributed by atoms with Gasteiger partial charge in [-0.3, -0.25) is 0 Å². The Kier molecular flexibility index (Phi) is 13.2. The van der Waals surface area contributed by atoms with Crippen LogP contribution in [0.25, 0.3) is 4.72 Å². The topological polar surface area (TPSA) is 74.3 Å². The molecule has 1 fully saturated rings. The van der Waals surface area contributed by atoms with Crippen LogP contribution in [0.4, 0.5) is 0 Å². The van der Waals surface area contributed by atoms with E-state index >= 15 is 0 Å². The first kappa shape index (κ1) is 32.7. The molecule has 2 atom stereocenters. The second-order valence-corrected chi connectivity index (χ2v) is 10.9. The third-order valence-corrected chi connectivity index (χ3v) is 8.42. The summed E-state index contributed by atoms with van der Waals surface area (Å²) in [5.41, 5.74) is 9.01. The van der Waals surface area contributed by atoms with Crippen molar-refractivity contribution in [1.82, 2.24) is 0 Å². The van der Waals surface area contributed by atoms with E-state index in [4.69, 9.17) is 5.73 Å². The van der Waals surface area contributed by atoms with Crippen LogP contribution in [-0.4, -0.2) is 8.42 Å². The molecule has 0 unspecified atom stereocenters. The zero-order valence-electron chi connectivity index (χ0n) is 22.7. The second-order valence-electron chi connectivity index (χ2n) is 9.31. The third-order valence-electron chi connectivity index (χ3n) is 7.05. The molecule has 0 aliphatic heterocycles.